The summed E-state index contributed by atoms with van der Waals surface area (Å²) in [6.45, 7) is 0.470. The number of aromatic nitrogens is 1. The molecule has 32 heavy (non-hydrogen) atoms. The molecule has 3 aromatic heterocycles. The molecule has 0 aliphatic carbocycles. The summed E-state index contributed by atoms with van der Waals surface area (Å²) in [6, 6.07) is 19.4. The predicted octanol–water partition coefficient (Wildman–Crippen LogP) is 4.81. The van der Waals surface area contributed by atoms with Crippen LogP contribution in [0.3, 0.4) is 0 Å². The van der Waals surface area contributed by atoms with Crippen LogP contribution in [0.25, 0.3) is 11.3 Å². The van der Waals surface area contributed by atoms with Crippen molar-refractivity contribution in [3.8, 4) is 11.3 Å². The first kappa shape index (κ1) is 20.0. The Morgan fingerprint density at radius 3 is 2.78 bits per heavy atom. The van der Waals surface area contributed by atoms with Crippen LogP contribution < -0.4 is 5.32 Å². The first-order chi connectivity index (χ1) is 15.6. The zero-order valence-corrected chi connectivity index (χ0v) is 17.7. The van der Waals surface area contributed by atoms with Gasteiger partial charge < -0.3 is 24.2 Å². The van der Waals surface area contributed by atoms with Crippen LogP contribution in [0, 0.1) is 0 Å². The Bertz CT molecular complexity index is 1250. The minimum absolute atomic E-state index is 0.204. The second-order valence-electron chi connectivity index (χ2n) is 7.42. The van der Waals surface area contributed by atoms with Crippen molar-refractivity contribution < 1.29 is 18.7 Å². The third kappa shape index (κ3) is 3.76. The number of aromatic carboxylic acids is 1. The summed E-state index contributed by atoms with van der Waals surface area (Å²) >= 11 is 5.65. The van der Waals surface area contributed by atoms with Crippen LogP contribution in [0.15, 0.2) is 88.0 Å². The van der Waals surface area contributed by atoms with Gasteiger partial charge in [-0.05, 0) is 60.7 Å². The summed E-state index contributed by atoms with van der Waals surface area (Å²) in [6.07, 6.45) is 3.38. The lowest BCUT2D eigenvalue weighted by atomic mass is 10.0. The van der Waals surface area contributed by atoms with Crippen molar-refractivity contribution in [2.24, 2.45) is 0 Å². The number of nitrogens with zero attached hydrogens (tertiary/aromatic N) is 2. The zero-order valence-electron chi connectivity index (χ0n) is 16.8. The highest BCUT2D eigenvalue weighted by Gasteiger charge is 2.42. The fourth-order valence-electron chi connectivity index (χ4n) is 3.93. The standard InChI is InChI=1S/C24H19N3O4S/c28-23(29)16-6-3-5-15(13-16)19-9-10-20(31-19)22-21(18-8-1-2-11-25-18)26-24(32)27(22)14-17-7-4-12-30-17/h1-13,21-22H,14H2,(H,26,32)(H,28,29). The summed E-state index contributed by atoms with van der Waals surface area (Å²) in [5.74, 6) is 1.07. The maximum atomic E-state index is 11.4. The maximum absolute atomic E-state index is 11.4. The number of carboxylic acids is 1. The van der Waals surface area contributed by atoms with Gasteiger partial charge in [0, 0.05) is 11.8 Å². The van der Waals surface area contributed by atoms with Gasteiger partial charge in [0.15, 0.2) is 5.11 Å². The van der Waals surface area contributed by atoms with Crippen molar-refractivity contribution >= 4 is 23.3 Å². The molecule has 0 spiro atoms. The zero-order chi connectivity index (χ0) is 22.1. The van der Waals surface area contributed by atoms with Gasteiger partial charge in [0.25, 0.3) is 0 Å². The normalized spacial score (nSPS) is 18.0. The Balaban J connectivity index is 1.53. The van der Waals surface area contributed by atoms with E-state index in [9.17, 15) is 9.90 Å². The van der Waals surface area contributed by atoms with Crippen LogP contribution in [0.1, 0.15) is 39.7 Å². The van der Waals surface area contributed by atoms with E-state index in [1.807, 2.05) is 53.4 Å². The van der Waals surface area contributed by atoms with Gasteiger partial charge in [0.1, 0.15) is 23.3 Å². The lowest BCUT2D eigenvalue weighted by Gasteiger charge is -2.25. The third-order valence-electron chi connectivity index (χ3n) is 5.42. The van der Waals surface area contributed by atoms with Gasteiger partial charge in [0.05, 0.1) is 30.1 Å². The lowest BCUT2D eigenvalue weighted by molar-refractivity contribution is 0.0697. The fourth-order valence-corrected chi connectivity index (χ4v) is 4.23. The minimum atomic E-state index is -0.983. The number of benzene rings is 1. The molecule has 2 unspecified atom stereocenters. The molecule has 2 N–H and O–H groups in total. The molecule has 4 aromatic rings. The number of carboxylic acid groups (broad SMARTS) is 1. The molecule has 0 bridgehead atoms. The Labute approximate surface area is 189 Å². The van der Waals surface area contributed by atoms with Crippen molar-refractivity contribution in [2.75, 3.05) is 0 Å². The van der Waals surface area contributed by atoms with E-state index in [1.165, 1.54) is 0 Å². The third-order valence-corrected chi connectivity index (χ3v) is 5.77. The maximum Gasteiger partial charge on any atom is 0.335 e. The summed E-state index contributed by atoms with van der Waals surface area (Å²) in [5, 5.41) is 13.3. The summed E-state index contributed by atoms with van der Waals surface area (Å²) < 4.78 is 11.8. The average Bonchev–Trinajstić information content (AvgIpc) is 3.56. The largest absolute Gasteiger partial charge is 0.478 e. The van der Waals surface area contributed by atoms with E-state index >= 15 is 0 Å². The van der Waals surface area contributed by atoms with Crippen molar-refractivity contribution in [2.45, 2.75) is 18.6 Å². The van der Waals surface area contributed by atoms with Crippen LogP contribution in [-0.2, 0) is 6.54 Å². The van der Waals surface area contributed by atoms with Gasteiger partial charge in [-0.25, -0.2) is 4.79 Å². The summed E-state index contributed by atoms with van der Waals surface area (Å²) in [7, 11) is 0. The van der Waals surface area contributed by atoms with Gasteiger partial charge in [-0.3, -0.25) is 4.98 Å². The second-order valence-corrected chi connectivity index (χ2v) is 7.81. The number of thiocarbonyl (C=S) groups is 1. The minimum Gasteiger partial charge on any atom is -0.478 e. The number of furan rings is 2. The van der Waals surface area contributed by atoms with E-state index in [0.29, 0.717) is 28.7 Å². The molecule has 8 heteroatoms. The molecule has 5 rings (SSSR count). The quantitative estimate of drug-likeness (QED) is 0.409. The monoisotopic (exact) mass is 445 g/mol. The highest BCUT2D eigenvalue weighted by atomic mass is 32.1. The van der Waals surface area contributed by atoms with Crippen LogP contribution >= 0.6 is 12.2 Å². The SMILES string of the molecule is O=C(O)c1cccc(-c2ccc(C3C(c4ccccn4)NC(=S)N3Cc3ccco3)o2)c1. The first-order valence-electron chi connectivity index (χ1n) is 10.0. The molecule has 7 nitrogen and oxygen atoms in total. The van der Waals surface area contributed by atoms with Crippen molar-refractivity contribution in [1.82, 2.24) is 15.2 Å². The summed E-state index contributed by atoms with van der Waals surface area (Å²) in [4.78, 5) is 17.9. The topological polar surface area (TPSA) is 91.7 Å². The molecule has 1 aromatic carbocycles. The van der Waals surface area contributed by atoms with E-state index in [-0.39, 0.29) is 17.6 Å². The number of rotatable bonds is 6. The molecule has 1 fully saturated rings. The molecule has 0 saturated carbocycles. The first-order valence-corrected chi connectivity index (χ1v) is 10.4. The van der Waals surface area contributed by atoms with Gasteiger partial charge >= 0.3 is 5.97 Å². The number of nitrogens with one attached hydrogen (secondary N) is 1. The van der Waals surface area contributed by atoms with Crippen LogP contribution in [-0.4, -0.2) is 26.1 Å². The van der Waals surface area contributed by atoms with Gasteiger partial charge in [-0.15, -0.1) is 0 Å². The van der Waals surface area contributed by atoms with Crippen molar-refractivity contribution in [3.05, 3.63) is 102 Å². The van der Waals surface area contributed by atoms with E-state index in [1.54, 1.807) is 30.7 Å². The molecule has 0 amide bonds. The molecule has 1 saturated heterocycles. The van der Waals surface area contributed by atoms with Crippen LogP contribution in [0.4, 0.5) is 0 Å². The predicted molar refractivity (Wildman–Crippen MR) is 121 cm³/mol. The summed E-state index contributed by atoms with van der Waals surface area (Å²) in [5.41, 5.74) is 1.74. The Hall–Kier alpha value is -3.91. The van der Waals surface area contributed by atoms with Crippen LogP contribution in [0.2, 0.25) is 0 Å². The van der Waals surface area contributed by atoms with Crippen molar-refractivity contribution in [3.63, 3.8) is 0 Å². The average molecular weight is 446 g/mol. The molecule has 4 heterocycles. The Kier molecular flexibility index (Phi) is 5.20. The number of carbonyl (C=O) groups is 1. The Morgan fingerprint density at radius 1 is 1.12 bits per heavy atom. The van der Waals surface area contributed by atoms with Crippen LogP contribution in [0.5, 0.6) is 0 Å². The van der Waals surface area contributed by atoms with Gasteiger partial charge in [-0.1, -0.05) is 18.2 Å². The number of hydrogen-bond donors (Lipinski definition) is 2. The smallest absolute Gasteiger partial charge is 0.335 e. The highest BCUT2D eigenvalue weighted by Crippen LogP contribution is 2.41. The van der Waals surface area contributed by atoms with Gasteiger partial charge in [-0.2, -0.15) is 0 Å². The Morgan fingerprint density at radius 2 is 2.03 bits per heavy atom. The number of pyridine rings is 1. The molecule has 160 valence electrons. The van der Waals surface area contributed by atoms with E-state index < -0.39 is 5.97 Å². The molecule has 1 aliphatic rings. The van der Waals surface area contributed by atoms with Gasteiger partial charge in [0.2, 0.25) is 0 Å². The second kappa shape index (κ2) is 8.32. The van der Waals surface area contributed by atoms with E-state index in [4.69, 9.17) is 21.1 Å². The number of hydrogen-bond acceptors (Lipinski definition) is 5. The lowest BCUT2D eigenvalue weighted by Crippen LogP contribution is -2.28. The molecule has 1 aliphatic heterocycles. The molecule has 0 radical (unpaired) electrons. The molecular formula is C24H19N3O4S. The van der Waals surface area contributed by atoms with E-state index in [2.05, 4.69) is 10.3 Å². The van der Waals surface area contributed by atoms with E-state index in [0.717, 1.165) is 11.5 Å². The van der Waals surface area contributed by atoms with Crippen molar-refractivity contribution in [1.29, 1.82) is 0 Å². The molecule has 2 atom stereocenters. The highest BCUT2D eigenvalue weighted by molar-refractivity contribution is 7.80. The fraction of sp³-hybridized carbons (Fsp3) is 0.125. The molecular weight excluding hydrogens is 426 g/mol.